The van der Waals surface area contributed by atoms with Crippen LogP contribution in [0.5, 0.6) is 0 Å². The van der Waals surface area contributed by atoms with E-state index in [-0.39, 0.29) is 23.8 Å². The lowest BCUT2D eigenvalue weighted by Gasteiger charge is -2.28. The fourth-order valence-corrected chi connectivity index (χ4v) is 3.78. The molecule has 0 spiro atoms. The fourth-order valence-electron chi connectivity index (χ4n) is 3.78. The lowest BCUT2D eigenvalue weighted by atomic mass is 9.84. The first-order valence-electron chi connectivity index (χ1n) is 10.2. The van der Waals surface area contributed by atoms with E-state index in [1.807, 2.05) is 13.8 Å². The van der Waals surface area contributed by atoms with E-state index in [0.29, 0.717) is 12.3 Å². The standard InChI is InChI=1S/C20H40N2O2/c1-4-5-12-22-20(24)17(15(2)3)14-19(23)18(21)13-16-10-8-6-7-9-11-16/h15-19,23H,4-14,21H2,1-3H3,(H,22,24). The third-order valence-electron chi connectivity index (χ3n) is 5.54. The largest absolute Gasteiger partial charge is 0.391 e. The van der Waals surface area contributed by atoms with Crippen LogP contribution in [0.4, 0.5) is 0 Å². The highest BCUT2D eigenvalue weighted by molar-refractivity contribution is 5.78. The van der Waals surface area contributed by atoms with Crippen LogP contribution in [0, 0.1) is 17.8 Å². The van der Waals surface area contributed by atoms with Crippen LogP contribution in [0.2, 0.25) is 0 Å². The van der Waals surface area contributed by atoms with Gasteiger partial charge in [-0.15, -0.1) is 0 Å². The van der Waals surface area contributed by atoms with Crippen LogP contribution in [-0.2, 0) is 4.79 Å². The van der Waals surface area contributed by atoms with Crippen molar-refractivity contribution in [1.29, 1.82) is 0 Å². The molecule has 1 aliphatic carbocycles. The van der Waals surface area contributed by atoms with Crippen molar-refractivity contribution >= 4 is 5.91 Å². The molecule has 1 saturated carbocycles. The number of nitrogens with one attached hydrogen (secondary N) is 1. The van der Waals surface area contributed by atoms with Crippen molar-refractivity contribution in [2.75, 3.05) is 6.54 Å². The van der Waals surface area contributed by atoms with Gasteiger partial charge < -0.3 is 16.2 Å². The number of amides is 1. The Morgan fingerprint density at radius 2 is 1.83 bits per heavy atom. The maximum absolute atomic E-state index is 12.4. The normalized spacial score (nSPS) is 20.4. The summed E-state index contributed by atoms with van der Waals surface area (Å²) in [5, 5.41) is 13.6. The minimum absolute atomic E-state index is 0.0687. The number of hydrogen-bond donors (Lipinski definition) is 3. The summed E-state index contributed by atoms with van der Waals surface area (Å²) in [6.45, 7) is 6.94. The Hall–Kier alpha value is -0.610. The van der Waals surface area contributed by atoms with Gasteiger partial charge in [0.2, 0.25) is 5.91 Å². The predicted molar refractivity (Wildman–Crippen MR) is 101 cm³/mol. The van der Waals surface area contributed by atoms with Gasteiger partial charge in [-0.3, -0.25) is 4.79 Å². The fraction of sp³-hybridized carbons (Fsp3) is 0.950. The molecular formula is C20H40N2O2. The maximum Gasteiger partial charge on any atom is 0.223 e. The van der Waals surface area contributed by atoms with Crippen LogP contribution in [0.1, 0.15) is 85.0 Å². The molecule has 3 unspecified atom stereocenters. The number of nitrogens with two attached hydrogens (primary N) is 1. The van der Waals surface area contributed by atoms with Crippen LogP contribution >= 0.6 is 0 Å². The summed E-state index contributed by atoms with van der Waals surface area (Å²) in [4.78, 5) is 12.4. The van der Waals surface area contributed by atoms with Gasteiger partial charge in [-0.05, 0) is 31.1 Å². The summed E-state index contributed by atoms with van der Waals surface area (Å²) in [7, 11) is 0. The topological polar surface area (TPSA) is 75.3 Å². The van der Waals surface area contributed by atoms with Crippen molar-refractivity contribution in [3.63, 3.8) is 0 Å². The van der Waals surface area contributed by atoms with Crippen molar-refractivity contribution < 1.29 is 9.90 Å². The Morgan fingerprint density at radius 1 is 1.21 bits per heavy atom. The van der Waals surface area contributed by atoms with Crippen LogP contribution in [-0.4, -0.2) is 29.7 Å². The molecule has 0 aliphatic heterocycles. The molecule has 4 N–H and O–H groups in total. The van der Waals surface area contributed by atoms with Crippen molar-refractivity contribution in [3.05, 3.63) is 0 Å². The highest BCUT2D eigenvalue weighted by Crippen LogP contribution is 2.28. The minimum atomic E-state index is -0.586. The summed E-state index contributed by atoms with van der Waals surface area (Å²) < 4.78 is 0. The minimum Gasteiger partial charge on any atom is -0.391 e. The second-order valence-electron chi connectivity index (χ2n) is 8.06. The number of carbonyl (C=O) groups is 1. The van der Waals surface area contributed by atoms with E-state index in [2.05, 4.69) is 12.2 Å². The van der Waals surface area contributed by atoms with Crippen LogP contribution < -0.4 is 11.1 Å². The molecule has 0 heterocycles. The van der Waals surface area contributed by atoms with E-state index in [9.17, 15) is 9.90 Å². The number of unbranched alkanes of at least 4 members (excludes halogenated alkanes) is 1. The van der Waals surface area contributed by atoms with Gasteiger partial charge >= 0.3 is 0 Å². The molecule has 4 heteroatoms. The van der Waals surface area contributed by atoms with Gasteiger partial charge in [0.25, 0.3) is 0 Å². The summed E-state index contributed by atoms with van der Waals surface area (Å²) in [6.07, 6.45) is 10.6. The quantitative estimate of drug-likeness (QED) is 0.420. The summed E-state index contributed by atoms with van der Waals surface area (Å²) in [5.41, 5.74) is 6.29. The molecule has 0 radical (unpaired) electrons. The van der Waals surface area contributed by atoms with Crippen LogP contribution in [0.25, 0.3) is 0 Å². The lowest BCUT2D eigenvalue weighted by Crippen LogP contribution is -2.42. The molecule has 1 rings (SSSR count). The molecule has 4 nitrogen and oxygen atoms in total. The third-order valence-corrected chi connectivity index (χ3v) is 5.54. The van der Waals surface area contributed by atoms with E-state index in [4.69, 9.17) is 5.73 Å². The third kappa shape index (κ3) is 7.98. The van der Waals surface area contributed by atoms with Crippen LogP contribution in [0.15, 0.2) is 0 Å². The molecule has 0 aromatic rings. The molecule has 1 amide bonds. The average Bonchev–Trinajstić information content (AvgIpc) is 2.80. The number of rotatable bonds is 10. The zero-order chi connectivity index (χ0) is 17.9. The number of aliphatic hydroxyl groups excluding tert-OH is 1. The molecule has 0 saturated heterocycles. The van der Waals surface area contributed by atoms with E-state index in [1.54, 1.807) is 0 Å². The molecule has 0 aromatic carbocycles. The van der Waals surface area contributed by atoms with E-state index in [1.165, 1.54) is 38.5 Å². The molecule has 24 heavy (non-hydrogen) atoms. The number of carbonyl (C=O) groups excluding carboxylic acids is 1. The Kier molecular flexibility index (Phi) is 10.6. The molecule has 0 aromatic heterocycles. The SMILES string of the molecule is CCCCNC(=O)C(CC(O)C(N)CC1CCCCCC1)C(C)C. The summed E-state index contributed by atoms with van der Waals surface area (Å²) >= 11 is 0. The molecular weight excluding hydrogens is 300 g/mol. The van der Waals surface area contributed by atoms with Gasteiger partial charge in [0.1, 0.15) is 0 Å². The van der Waals surface area contributed by atoms with Crippen molar-refractivity contribution in [2.45, 2.75) is 97.1 Å². The van der Waals surface area contributed by atoms with Crippen molar-refractivity contribution in [1.82, 2.24) is 5.32 Å². The average molecular weight is 341 g/mol. The van der Waals surface area contributed by atoms with Gasteiger partial charge in [-0.2, -0.15) is 0 Å². The second kappa shape index (κ2) is 11.9. The highest BCUT2D eigenvalue weighted by atomic mass is 16.3. The summed E-state index contributed by atoms with van der Waals surface area (Å²) in [6, 6.07) is -0.210. The number of aliphatic hydroxyl groups is 1. The Bertz CT molecular complexity index is 339. The second-order valence-corrected chi connectivity index (χ2v) is 8.06. The smallest absolute Gasteiger partial charge is 0.223 e. The van der Waals surface area contributed by atoms with Crippen molar-refractivity contribution in [3.8, 4) is 0 Å². The Labute approximate surface area is 149 Å². The van der Waals surface area contributed by atoms with Crippen LogP contribution in [0.3, 0.4) is 0 Å². The first-order valence-corrected chi connectivity index (χ1v) is 10.2. The maximum atomic E-state index is 12.4. The molecule has 1 aliphatic rings. The van der Waals surface area contributed by atoms with Crippen molar-refractivity contribution in [2.24, 2.45) is 23.5 Å². The van der Waals surface area contributed by atoms with Gasteiger partial charge in [0, 0.05) is 18.5 Å². The van der Waals surface area contributed by atoms with E-state index < -0.39 is 6.10 Å². The highest BCUT2D eigenvalue weighted by Gasteiger charge is 2.28. The first kappa shape index (κ1) is 21.4. The zero-order valence-electron chi connectivity index (χ0n) is 16.1. The predicted octanol–water partition coefficient (Wildman–Crippen LogP) is 3.61. The van der Waals surface area contributed by atoms with Gasteiger partial charge in [0.15, 0.2) is 0 Å². The molecule has 0 bridgehead atoms. The molecule has 1 fully saturated rings. The Morgan fingerprint density at radius 3 is 2.38 bits per heavy atom. The lowest BCUT2D eigenvalue weighted by molar-refractivity contribution is -0.127. The first-order chi connectivity index (χ1) is 11.5. The number of hydrogen-bond acceptors (Lipinski definition) is 3. The van der Waals surface area contributed by atoms with Gasteiger partial charge in [0.05, 0.1) is 6.10 Å². The molecule has 3 atom stereocenters. The monoisotopic (exact) mass is 340 g/mol. The van der Waals surface area contributed by atoms with E-state index in [0.717, 1.165) is 25.8 Å². The Balaban J connectivity index is 2.47. The van der Waals surface area contributed by atoms with Gasteiger partial charge in [-0.25, -0.2) is 0 Å². The van der Waals surface area contributed by atoms with Gasteiger partial charge in [-0.1, -0.05) is 65.7 Å². The van der Waals surface area contributed by atoms with E-state index >= 15 is 0 Å². The molecule has 142 valence electrons. The zero-order valence-corrected chi connectivity index (χ0v) is 16.1. The summed E-state index contributed by atoms with van der Waals surface area (Å²) in [5.74, 6) is 0.774.